The van der Waals surface area contributed by atoms with Gasteiger partial charge in [0.1, 0.15) is 29.1 Å². The molecule has 2 N–H and O–H groups in total. The molecule has 3 aliphatic heterocycles. The maximum absolute atomic E-state index is 15.5. The first-order valence-electron chi connectivity index (χ1n) is 19.6. The van der Waals surface area contributed by atoms with E-state index in [1.54, 1.807) is 19.1 Å². The Hall–Kier alpha value is -4.78. The van der Waals surface area contributed by atoms with Crippen LogP contribution in [0.1, 0.15) is 66.6 Å². The van der Waals surface area contributed by atoms with Crippen molar-refractivity contribution >= 4 is 23.4 Å². The molecule has 1 aliphatic carbocycles. The number of allylic oxidation sites excluding steroid dienone is 1. The Bertz CT molecular complexity index is 2080. The molecule has 10 nitrogen and oxygen atoms in total. The second kappa shape index (κ2) is 15.8. The number of aryl methyl sites for hydroxylation is 1. The maximum atomic E-state index is 15.5. The van der Waals surface area contributed by atoms with Gasteiger partial charge in [0.2, 0.25) is 0 Å². The molecule has 0 atom stereocenters. The van der Waals surface area contributed by atoms with Crippen LogP contribution in [0.5, 0.6) is 17.2 Å². The number of nitrogen functional groups attached to an aromatic ring is 1. The highest BCUT2D eigenvalue weighted by atomic mass is 19.1. The molecule has 290 valence electrons. The van der Waals surface area contributed by atoms with Gasteiger partial charge in [0.05, 0.1) is 30.7 Å². The number of likely N-dealkylation sites (tertiary alicyclic amines) is 1. The van der Waals surface area contributed by atoms with E-state index in [1.165, 1.54) is 35.1 Å². The number of morpholine rings is 1. The van der Waals surface area contributed by atoms with E-state index in [0.29, 0.717) is 29.6 Å². The van der Waals surface area contributed by atoms with Crippen LogP contribution in [0.15, 0.2) is 60.3 Å². The Morgan fingerprint density at radius 2 is 1.64 bits per heavy atom. The number of hydrogen-bond donors (Lipinski definition) is 1. The maximum Gasteiger partial charge on any atom is 0.194 e. The number of para-hydroxylation sites is 1. The summed E-state index contributed by atoms with van der Waals surface area (Å²) in [4.78, 5) is 21.6. The Morgan fingerprint density at radius 3 is 2.36 bits per heavy atom. The average Bonchev–Trinajstić information content (AvgIpc) is 3.80. The Morgan fingerprint density at radius 1 is 0.891 bits per heavy atom. The first-order valence-corrected chi connectivity index (χ1v) is 19.6. The molecule has 12 heteroatoms. The fourth-order valence-corrected chi connectivity index (χ4v) is 8.41. The summed E-state index contributed by atoms with van der Waals surface area (Å²) in [6.45, 7) is 13.7. The number of halogens is 2. The van der Waals surface area contributed by atoms with E-state index in [-0.39, 0.29) is 40.5 Å². The highest BCUT2D eigenvalue weighted by Crippen LogP contribution is 2.41. The predicted molar refractivity (Wildman–Crippen MR) is 210 cm³/mol. The van der Waals surface area contributed by atoms with Crippen molar-refractivity contribution in [2.75, 3.05) is 63.1 Å². The van der Waals surface area contributed by atoms with Crippen molar-refractivity contribution in [3.8, 4) is 22.9 Å². The lowest BCUT2D eigenvalue weighted by Gasteiger charge is -2.41. The lowest BCUT2D eigenvalue weighted by atomic mass is 9.99. The molecule has 3 saturated heterocycles. The van der Waals surface area contributed by atoms with Gasteiger partial charge in [-0.2, -0.15) is 5.10 Å². The summed E-state index contributed by atoms with van der Waals surface area (Å²) in [7, 11) is 0. The Labute approximate surface area is 321 Å². The third-order valence-electron chi connectivity index (χ3n) is 11.7. The number of nitrogens with two attached hydrogens (primary N) is 1. The van der Waals surface area contributed by atoms with E-state index in [9.17, 15) is 9.18 Å². The van der Waals surface area contributed by atoms with Crippen molar-refractivity contribution < 1.29 is 27.8 Å². The van der Waals surface area contributed by atoms with E-state index >= 15 is 4.39 Å². The van der Waals surface area contributed by atoms with Crippen molar-refractivity contribution in [1.29, 1.82) is 0 Å². The van der Waals surface area contributed by atoms with Gasteiger partial charge in [0, 0.05) is 69.4 Å². The fraction of sp³-hybridized carbons (Fsp3) is 0.442. The summed E-state index contributed by atoms with van der Waals surface area (Å²) in [5.41, 5.74) is 11.0. The minimum atomic E-state index is -0.679. The number of carbonyl (C=O) groups is 1. The van der Waals surface area contributed by atoms with Gasteiger partial charge in [-0.25, -0.2) is 13.5 Å². The fourth-order valence-electron chi connectivity index (χ4n) is 8.41. The summed E-state index contributed by atoms with van der Waals surface area (Å²) in [6.07, 6.45) is 7.98. The van der Waals surface area contributed by atoms with E-state index < -0.39 is 11.6 Å². The molecule has 4 aromatic rings. The topological polar surface area (TPSA) is 98.3 Å². The van der Waals surface area contributed by atoms with Crippen LogP contribution in [-0.2, 0) is 11.2 Å². The monoisotopic (exact) mass is 752 g/mol. The molecule has 0 saturated carbocycles. The third kappa shape index (κ3) is 7.72. The number of piperidine rings is 2. The molecule has 3 fully saturated rings. The molecule has 55 heavy (non-hydrogen) atoms. The molecule has 4 aliphatic rings. The highest BCUT2D eigenvalue weighted by molar-refractivity contribution is 6.15. The van der Waals surface area contributed by atoms with Crippen LogP contribution in [0.4, 0.5) is 20.3 Å². The zero-order valence-corrected chi connectivity index (χ0v) is 31.9. The summed E-state index contributed by atoms with van der Waals surface area (Å²) in [5.74, 6) is -0.440. The number of hydrogen-bond acceptors (Lipinski definition) is 9. The minimum absolute atomic E-state index is 0.0128. The quantitative estimate of drug-likeness (QED) is 0.169. The number of rotatable bonds is 10. The van der Waals surface area contributed by atoms with E-state index in [0.717, 1.165) is 101 Å². The molecule has 0 spiro atoms. The number of aromatic nitrogens is 2. The van der Waals surface area contributed by atoms with Crippen LogP contribution in [-0.4, -0.2) is 96.0 Å². The molecule has 0 amide bonds. The average molecular weight is 753 g/mol. The number of nitrogens with zero attached hydrogens (tertiary/aromatic N) is 5. The van der Waals surface area contributed by atoms with Crippen molar-refractivity contribution in [3.05, 3.63) is 94.2 Å². The summed E-state index contributed by atoms with van der Waals surface area (Å²) in [6, 6.07) is 14.0. The minimum Gasteiger partial charge on any atom is -0.488 e. The van der Waals surface area contributed by atoms with Gasteiger partial charge in [0.15, 0.2) is 23.2 Å². The van der Waals surface area contributed by atoms with Crippen LogP contribution in [0.2, 0.25) is 0 Å². The molecule has 0 radical (unpaired) electrons. The smallest absolute Gasteiger partial charge is 0.194 e. The van der Waals surface area contributed by atoms with Gasteiger partial charge in [-0.1, -0.05) is 12.1 Å². The number of fused-ring (bicyclic) bond motifs is 1. The number of ketones is 1. The summed E-state index contributed by atoms with van der Waals surface area (Å²) in [5, 5.41) is 4.33. The normalized spacial score (nSPS) is 18.8. The highest BCUT2D eigenvalue weighted by Gasteiger charge is 2.31. The number of carbonyl (C=O) groups excluding carboxylic acids is 1. The van der Waals surface area contributed by atoms with Crippen molar-refractivity contribution in [2.45, 2.75) is 71.1 Å². The molecule has 8 rings (SSSR count). The number of benzene rings is 3. The number of Topliss-reactive ketones (excluding diaryl/α,β-unsaturated/α-hetero) is 1. The predicted octanol–water partition coefficient (Wildman–Crippen LogP) is 7.21. The van der Waals surface area contributed by atoms with Crippen LogP contribution < -0.4 is 20.1 Å². The van der Waals surface area contributed by atoms with Crippen molar-refractivity contribution in [3.63, 3.8) is 0 Å². The van der Waals surface area contributed by atoms with Gasteiger partial charge >= 0.3 is 0 Å². The second-order valence-electron chi connectivity index (χ2n) is 15.5. The molecule has 4 heterocycles. The van der Waals surface area contributed by atoms with Crippen molar-refractivity contribution in [1.82, 2.24) is 19.6 Å². The first-order chi connectivity index (χ1) is 26.6. The SMILES string of the molecule is Cc1cc(-n2ncc(C(=O)C3=Cc4cc(OC5CCN(C(C)C)CC5)c(N5CCC(N6CCOCC6)CC5)cc4C3)c2N)c(F)cc1Oc1ccccc1F. The Balaban J connectivity index is 1.02. The first kappa shape index (κ1) is 37.2. The van der Waals surface area contributed by atoms with Gasteiger partial charge in [-0.05, 0) is 99.6 Å². The van der Waals surface area contributed by atoms with Crippen LogP contribution in [0.25, 0.3) is 11.8 Å². The van der Waals surface area contributed by atoms with Crippen LogP contribution >= 0.6 is 0 Å². The number of ether oxygens (including phenoxy) is 3. The van der Waals surface area contributed by atoms with Crippen molar-refractivity contribution in [2.24, 2.45) is 0 Å². The lowest BCUT2D eigenvalue weighted by Crippen LogP contribution is -2.49. The zero-order valence-electron chi connectivity index (χ0n) is 31.9. The summed E-state index contributed by atoms with van der Waals surface area (Å²) >= 11 is 0. The molecule has 0 unspecified atom stereocenters. The molecule has 3 aromatic carbocycles. The number of anilines is 2. The standard InChI is InChI=1S/C43H50F2N6O4/c1-27(2)48-14-10-33(11-15-48)54-41-24-30-22-31(21-29(30)23-38(41)50-12-8-32(9-13-50)49-16-18-53-19-17-49)42(52)34-26-47-51(43(34)46)37-20-28(3)40(25-36(37)45)55-39-7-5-4-6-35(39)44/h4-7,20,22-27,32-33H,8-19,21,46H2,1-3H3. The largest absolute Gasteiger partial charge is 0.488 e. The molecule has 0 bridgehead atoms. The Kier molecular flexibility index (Phi) is 10.6. The zero-order chi connectivity index (χ0) is 38.2. The molecular weight excluding hydrogens is 703 g/mol. The van der Waals surface area contributed by atoms with Gasteiger partial charge in [0.25, 0.3) is 0 Å². The van der Waals surface area contributed by atoms with Gasteiger partial charge < -0.3 is 29.7 Å². The van der Waals surface area contributed by atoms with Gasteiger partial charge in [-0.3, -0.25) is 9.69 Å². The lowest BCUT2D eigenvalue weighted by molar-refractivity contribution is 0.0114. The molecular formula is C43H50F2N6O4. The second-order valence-corrected chi connectivity index (χ2v) is 15.5. The van der Waals surface area contributed by atoms with E-state index in [1.807, 2.05) is 6.08 Å². The van der Waals surface area contributed by atoms with E-state index in [2.05, 4.69) is 45.8 Å². The summed E-state index contributed by atoms with van der Waals surface area (Å²) < 4.78 is 49.1. The van der Waals surface area contributed by atoms with E-state index in [4.69, 9.17) is 19.9 Å². The van der Waals surface area contributed by atoms with Crippen LogP contribution in [0, 0.1) is 18.6 Å². The molecule has 1 aromatic heterocycles. The third-order valence-corrected chi connectivity index (χ3v) is 11.7. The van der Waals surface area contributed by atoms with Crippen LogP contribution in [0.3, 0.4) is 0 Å². The van der Waals surface area contributed by atoms with Gasteiger partial charge in [-0.15, -0.1) is 0 Å².